The predicted molar refractivity (Wildman–Crippen MR) is 174 cm³/mol. The summed E-state index contributed by atoms with van der Waals surface area (Å²) in [5, 5.41) is 0. The zero-order valence-corrected chi connectivity index (χ0v) is 27.9. The molecule has 48 heavy (non-hydrogen) atoms. The molecule has 3 aromatic carbocycles. The standard InChI is InChI=1S/C39H46F6O3/c1-3-5-21-46-31-18-15-28(34(40)37(31)43)25-9-7-24(8-10-25)23-48-33-20-17-30(36(42)39(33)45)27-13-11-26(12-14-27)29-16-19-32(38(44)35(29)41)47-22-6-4-2/h15-20,24-27H,3-14,21-23H2,1-2H3. The molecule has 0 saturated heterocycles. The van der Waals surface area contributed by atoms with Crippen molar-refractivity contribution in [3.63, 3.8) is 0 Å². The van der Waals surface area contributed by atoms with Crippen LogP contribution >= 0.6 is 0 Å². The van der Waals surface area contributed by atoms with E-state index in [1.165, 1.54) is 18.2 Å². The molecule has 0 aliphatic heterocycles. The van der Waals surface area contributed by atoms with Gasteiger partial charge in [-0.2, -0.15) is 13.2 Å². The lowest BCUT2D eigenvalue weighted by Crippen LogP contribution is -2.20. The Morgan fingerprint density at radius 2 is 0.792 bits per heavy atom. The third kappa shape index (κ3) is 8.25. The first-order chi connectivity index (χ1) is 23.2. The quantitative estimate of drug-likeness (QED) is 0.126. The van der Waals surface area contributed by atoms with Gasteiger partial charge in [0.1, 0.15) is 0 Å². The minimum Gasteiger partial charge on any atom is -0.490 e. The van der Waals surface area contributed by atoms with Gasteiger partial charge in [0.15, 0.2) is 34.7 Å². The van der Waals surface area contributed by atoms with Gasteiger partial charge in [-0.3, -0.25) is 0 Å². The van der Waals surface area contributed by atoms with Crippen molar-refractivity contribution < 1.29 is 40.6 Å². The number of ether oxygens (including phenoxy) is 3. The molecule has 0 aromatic heterocycles. The smallest absolute Gasteiger partial charge is 0.200 e. The summed E-state index contributed by atoms with van der Waals surface area (Å²) < 4.78 is 106. The lowest BCUT2D eigenvalue weighted by Gasteiger charge is -2.30. The van der Waals surface area contributed by atoms with E-state index < -0.39 is 34.9 Å². The van der Waals surface area contributed by atoms with Crippen molar-refractivity contribution in [2.45, 2.75) is 109 Å². The molecule has 0 unspecified atom stereocenters. The molecular formula is C39H46F6O3. The van der Waals surface area contributed by atoms with Crippen molar-refractivity contribution in [2.75, 3.05) is 19.8 Å². The predicted octanol–water partition coefficient (Wildman–Crippen LogP) is 11.7. The molecule has 0 radical (unpaired) electrons. The minimum atomic E-state index is -1.03. The Hall–Kier alpha value is -3.36. The topological polar surface area (TPSA) is 27.7 Å². The van der Waals surface area contributed by atoms with Crippen LogP contribution in [-0.2, 0) is 0 Å². The van der Waals surface area contributed by atoms with Crippen LogP contribution < -0.4 is 14.2 Å². The fourth-order valence-corrected chi connectivity index (χ4v) is 7.14. The van der Waals surface area contributed by atoms with Gasteiger partial charge < -0.3 is 14.2 Å². The summed E-state index contributed by atoms with van der Waals surface area (Å²) in [4.78, 5) is 0. The number of rotatable bonds is 14. The molecule has 2 fully saturated rings. The molecule has 0 N–H and O–H groups in total. The Bertz CT molecular complexity index is 1510. The highest BCUT2D eigenvalue weighted by molar-refractivity contribution is 5.36. The van der Waals surface area contributed by atoms with Gasteiger partial charge in [0.25, 0.3) is 0 Å². The van der Waals surface area contributed by atoms with Gasteiger partial charge in [0.05, 0.1) is 19.8 Å². The van der Waals surface area contributed by atoms with Gasteiger partial charge in [-0.25, -0.2) is 13.2 Å². The maximum absolute atomic E-state index is 15.3. The summed E-state index contributed by atoms with van der Waals surface area (Å²) in [6.07, 6.45) is 7.98. The van der Waals surface area contributed by atoms with Gasteiger partial charge >= 0.3 is 0 Å². The first kappa shape index (κ1) is 35.9. The van der Waals surface area contributed by atoms with Crippen molar-refractivity contribution in [3.8, 4) is 17.2 Å². The van der Waals surface area contributed by atoms with Gasteiger partial charge in [0.2, 0.25) is 17.5 Å². The second-order valence-electron chi connectivity index (χ2n) is 13.3. The number of unbranched alkanes of at least 4 members (excludes halogenated alkanes) is 2. The van der Waals surface area contributed by atoms with E-state index in [0.717, 1.165) is 25.7 Å². The van der Waals surface area contributed by atoms with Gasteiger partial charge in [-0.05, 0) is 123 Å². The van der Waals surface area contributed by atoms with E-state index in [0.29, 0.717) is 75.7 Å². The molecule has 0 atom stereocenters. The van der Waals surface area contributed by atoms with Crippen LogP contribution in [0.3, 0.4) is 0 Å². The summed E-state index contributed by atoms with van der Waals surface area (Å²) in [6.45, 7) is 4.83. The van der Waals surface area contributed by atoms with E-state index in [9.17, 15) is 17.6 Å². The Morgan fingerprint density at radius 1 is 0.458 bits per heavy atom. The molecular weight excluding hydrogens is 630 g/mol. The maximum atomic E-state index is 15.3. The third-order valence-electron chi connectivity index (χ3n) is 10.1. The average Bonchev–Trinajstić information content (AvgIpc) is 3.10. The minimum absolute atomic E-state index is 0.0682. The van der Waals surface area contributed by atoms with Crippen LogP contribution in [-0.4, -0.2) is 19.8 Å². The van der Waals surface area contributed by atoms with Crippen molar-refractivity contribution in [1.82, 2.24) is 0 Å². The number of hydrogen-bond acceptors (Lipinski definition) is 3. The molecule has 0 bridgehead atoms. The second-order valence-corrected chi connectivity index (χ2v) is 13.3. The molecule has 3 nitrogen and oxygen atoms in total. The molecule has 2 aliphatic rings. The Morgan fingerprint density at radius 3 is 1.15 bits per heavy atom. The lowest BCUT2D eigenvalue weighted by molar-refractivity contribution is 0.191. The van der Waals surface area contributed by atoms with Crippen LogP contribution in [0.2, 0.25) is 0 Å². The molecule has 3 aromatic rings. The molecule has 0 amide bonds. The molecule has 262 valence electrons. The summed E-state index contributed by atoms with van der Waals surface area (Å²) in [5.41, 5.74) is 0.900. The summed E-state index contributed by atoms with van der Waals surface area (Å²) >= 11 is 0. The first-order valence-corrected chi connectivity index (χ1v) is 17.5. The molecule has 5 rings (SSSR count). The zero-order valence-electron chi connectivity index (χ0n) is 27.9. The van der Waals surface area contributed by atoms with E-state index in [-0.39, 0.29) is 53.1 Å². The molecule has 2 saturated carbocycles. The van der Waals surface area contributed by atoms with Crippen LogP contribution in [0.4, 0.5) is 26.3 Å². The van der Waals surface area contributed by atoms with Crippen molar-refractivity contribution >= 4 is 0 Å². The third-order valence-corrected chi connectivity index (χ3v) is 10.1. The largest absolute Gasteiger partial charge is 0.490 e. The van der Waals surface area contributed by atoms with Crippen LogP contribution in [0.25, 0.3) is 0 Å². The fraction of sp³-hybridized carbons (Fsp3) is 0.538. The number of hydrogen-bond donors (Lipinski definition) is 0. The van der Waals surface area contributed by atoms with Crippen LogP contribution in [0.1, 0.15) is 125 Å². The normalized spacial score (nSPS) is 21.2. The Labute approximate surface area is 280 Å². The molecule has 9 heteroatoms. The summed E-state index contributed by atoms with van der Waals surface area (Å²) in [5.74, 6) is -6.51. The highest BCUT2D eigenvalue weighted by Gasteiger charge is 2.31. The van der Waals surface area contributed by atoms with Gasteiger partial charge in [-0.15, -0.1) is 0 Å². The van der Waals surface area contributed by atoms with Gasteiger partial charge in [0, 0.05) is 0 Å². The number of benzene rings is 3. The number of halogens is 6. The highest BCUT2D eigenvalue weighted by Crippen LogP contribution is 2.44. The fourth-order valence-electron chi connectivity index (χ4n) is 7.14. The van der Waals surface area contributed by atoms with E-state index in [1.54, 1.807) is 18.2 Å². The van der Waals surface area contributed by atoms with Crippen LogP contribution in [0, 0.1) is 40.8 Å². The van der Waals surface area contributed by atoms with Crippen LogP contribution in [0.15, 0.2) is 36.4 Å². The van der Waals surface area contributed by atoms with E-state index in [4.69, 9.17) is 14.2 Å². The van der Waals surface area contributed by atoms with E-state index >= 15 is 8.78 Å². The van der Waals surface area contributed by atoms with Gasteiger partial charge in [-0.1, -0.05) is 44.9 Å². The molecule has 2 aliphatic carbocycles. The monoisotopic (exact) mass is 676 g/mol. The first-order valence-electron chi connectivity index (χ1n) is 17.5. The molecule has 0 spiro atoms. The zero-order chi connectivity index (χ0) is 34.2. The lowest BCUT2D eigenvalue weighted by atomic mass is 9.76. The average molecular weight is 677 g/mol. The Kier molecular flexibility index (Phi) is 12.6. The van der Waals surface area contributed by atoms with Crippen molar-refractivity contribution in [1.29, 1.82) is 0 Å². The Balaban J connectivity index is 1.12. The van der Waals surface area contributed by atoms with E-state index in [2.05, 4.69) is 0 Å². The highest BCUT2D eigenvalue weighted by atomic mass is 19.2. The summed E-state index contributed by atoms with van der Waals surface area (Å²) in [6, 6.07) is 9.16. The second kappa shape index (κ2) is 16.8. The van der Waals surface area contributed by atoms with Crippen LogP contribution in [0.5, 0.6) is 17.2 Å². The van der Waals surface area contributed by atoms with E-state index in [1.807, 2.05) is 13.8 Å². The SMILES string of the molecule is CCCCOc1ccc(C2CCC(COc3ccc(C4CCC(c5ccc(OCCCC)c(F)c5F)CC4)c(F)c3F)CC2)c(F)c1F. The van der Waals surface area contributed by atoms with Crippen molar-refractivity contribution in [3.05, 3.63) is 88.0 Å². The maximum Gasteiger partial charge on any atom is 0.200 e. The molecule has 0 heterocycles. The summed E-state index contributed by atoms with van der Waals surface area (Å²) in [7, 11) is 0. The van der Waals surface area contributed by atoms with Crippen molar-refractivity contribution in [2.24, 2.45) is 5.92 Å².